The number of ketones is 1. The van der Waals surface area contributed by atoms with Crippen molar-refractivity contribution in [2.75, 3.05) is 0 Å². The van der Waals surface area contributed by atoms with Crippen molar-refractivity contribution >= 4 is 5.78 Å². The second-order valence-electron chi connectivity index (χ2n) is 4.67. The van der Waals surface area contributed by atoms with Crippen LogP contribution in [0.1, 0.15) is 55.1 Å². The average Bonchev–Trinajstić information content (AvgIpc) is 2.55. The van der Waals surface area contributed by atoms with E-state index in [1.807, 2.05) is 20.2 Å². The van der Waals surface area contributed by atoms with Gasteiger partial charge in [0.1, 0.15) is 0 Å². The van der Waals surface area contributed by atoms with Crippen LogP contribution in [0.2, 0.25) is 0 Å². The first-order chi connectivity index (χ1) is 8.22. The Morgan fingerprint density at radius 3 is 3.00 bits per heavy atom. The lowest BCUT2D eigenvalue weighted by molar-refractivity contribution is 0.102. The number of Topliss-reactive ketones (excluding diaryl/α,β-unsaturated/α-hetero) is 1. The summed E-state index contributed by atoms with van der Waals surface area (Å²) in [6.07, 6.45) is 10.4. The highest BCUT2D eigenvalue weighted by atomic mass is 16.1. The van der Waals surface area contributed by atoms with Crippen LogP contribution in [0.25, 0.3) is 0 Å². The lowest BCUT2D eigenvalue weighted by atomic mass is 9.99. The molecule has 0 amide bonds. The van der Waals surface area contributed by atoms with Crippen molar-refractivity contribution in [1.82, 2.24) is 9.78 Å². The molecule has 3 nitrogen and oxygen atoms in total. The van der Waals surface area contributed by atoms with Crippen molar-refractivity contribution in [3.63, 3.8) is 0 Å². The number of allylic oxidation sites excluding steroid dienone is 2. The maximum atomic E-state index is 12.4. The van der Waals surface area contributed by atoms with Crippen LogP contribution in [-0.4, -0.2) is 15.6 Å². The average molecular weight is 232 g/mol. The van der Waals surface area contributed by atoms with Gasteiger partial charge in [-0.15, -0.1) is 0 Å². The molecule has 0 aliphatic heterocycles. The molecule has 92 valence electrons. The monoisotopic (exact) mass is 232 g/mol. The summed E-state index contributed by atoms with van der Waals surface area (Å²) >= 11 is 0. The van der Waals surface area contributed by atoms with Crippen molar-refractivity contribution < 1.29 is 4.79 Å². The van der Waals surface area contributed by atoms with E-state index < -0.39 is 0 Å². The lowest BCUT2D eigenvalue weighted by Gasteiger charge is -2.03. The first-order valence-electron chi connectivity index (χ1n) is 6.48. The fraction of sp³-hybridized carbons (Fsp3) is 0.571. The smallest absolute Gasteiger partial charge is 0.192 e. The molecule has 1 aromatic heterocycles. The fourth-order valence-electron chi connectivity index (χ4n) is 2.38. The number of carbonyl (C=O) groups excluding carboxylic acids is 1. The van der Waals surface area contributed by atoms with E-state index in [0.29, 0.717) is 0 Å². The molecule has 1 aliphatic rings. The van der Waals surface area contributed by atoms with Crippen molar-refractivity contribution in [3.8, 4) is 0 Å². The summed E-state index contributed by atoms with van der Waals surface area (Å²) in [6, 6.07) is 0. The second kappa shape index (κ2) is 5.30. The van der Waals surface area contributed by atoms with Gasteiger partial charge in [-0.05, 0) is 37.7 Å². The quantitative estimate of drug-likeness (QED) is 0.751. The minimum absolute atomic E-state index is 0.192. The van der Waals surface area contributed by atoms with Crippen LogP contribution in [-0.2, 0) is 13.5 Å². The second-order valence-corrected chi connectivity index (χ2v) is 4.67. The molecule has 0 saturated carbocycles. The van der Waals surface area contributed by atoms with E-state index in [1.54, 1.807) is 4.68 Å². The van der Waals surface area contributed by atoms with Gasteiger partial charge in [0.05, 0.1) is 11.3 Å². The van der Waals surface area contributed by atoms with Crippen LogP contribution in [0.5, 0.6) is 0 Å². The van der Waals surface area contributed by atoms with E-state index in [0.717, 1.165) is 42.5 Å². The molecular formula is C14H20N2O. The Bertz CT molecular complexity index is 443. The van der Waals surface area contributed by atoms with E-state index in [1.165, 1.54) is 12.8 Å². The van der Waals surface area contributed by atoms with Gasteiger partial charge in [0.15, 0.2) is 5.78 Å². The third-order valence-corrected chi connectivity index (χ3v) is 3.32. The molecular weight excluding hydrogens is 212 g/mol. The van der Waals surface area contributed by atoms with Crippen LogP contribution in [0.3, 0.4) is 0 Å². The third kappa shape index (κ3) is 2.65. The summed E-state index contributed by atoms with van der Waals surface area (Å²) in [5.41, 5.74) is 2.70. The summed E-state index contributed by atoms with van der Waals surface area (Å²) in [5, 5.41) is 4.34. The van der Waals surface area contributed by atoms with Crippen molar-refractivity contribution in [2.24, 2.45) is 7.05 Å². The number of aromatic nitrogens is 2. The third-order valence-electron chi connectivity index (χ3n) is 3.32. The van der Waals surface area contributed by atoms with Gasteiger partial charge in [0.2, 0.25) is 0 Å². The van der Waals surface area contributed by atoms with E-state index >= 15 is 0 Å². The summed E-state index contributed by atoms with van der Waals surface area (Å²) < 4.78 is 1.74. The SMILES string of the molecule is CCc1nn(C)cc1C(=O)C1=CCCCCC1. The Labute approximate surface area is 103 Å². The van der Waals surface area contributed by atoms with Crippen LogP contribution in [0.4, 0.5) is 0 Å². The number of aryl methyl sites for hydroxylation is 2. The van der Waals surface area contributed by atoms with E-state index in [9.17, 15) is 4.79 Å². The molecule has 0 N–H and O–H groups in total. The van der Waals surface area contributed by atoms with Crippen molar-refractivity contribution in [2.45, 2.75) is 45.4 Å². The molecule has 0 radical (unpaired) electrons. The van der Waals surface area contributed by atoms with Crippen LogP contribution in [0, 0.1) is 0 Å². The van der Waals surface area contributed by atoms with Crippen LogP contribution >= 0.6 is 0 Å². The number of rotatable bonds is 3. The van der Waals surface area contributed by atoms with E-state index in [4.69, 9.17) is 0 Å². The Morgan fingerprint density at radius 2 is 2.24 bits per heavy atom. The Hall–Kier alpha value is -1.38. The van der Waals surface area contributed by atoms with Gasteiger partial charge in [-0.25, -0.2) is 0 Å². The first kappa shape index (κ1) is 12.1. The van der Waals surface area contributed by atoms with Crippen LogP contribution < -0.4 is 0 Å². The van der Waals surface area contributed by atoms with Crippen molar-refractivity contribution in [1.29, 1.82) is 0 Å². The summed E-state index contributed by atoms with van der Waals surface area (Å²) in [4.78, 5) is 12.4. The van der Waals surface area contributed by atoms with Gasteiger partial charge in [-0.3, -0.25) is 9.48 Å². The largest absolute Gasteiger partial charge is 0.289 e. The molecule has 0 spiro atoms. The van der Waals surface area contributed by atoms with Gasteiger partial charge in [0, 0.05) is 13.2 Å². The Kier molecular flexibility index (Phi) is 3.77. The molecule has 3 heteroatoms. The van der Waals surface area contributed by atoms with Gasteiger partial charge in [-0.2, -0.15) is 5.10 Å². The number of hydrogen-bond acceptors (Lipinski definition) is 2. The number of carbonyl (C=O) groups is 1. The Morgan fingerprint density at radius 1 is 1.41 bits per heavy atom. The normalized spacial score (nSPS) is 16.5. The highest BCUT2D eigenvalue weighted by Gasteiger charge is 2.18. The predicted molar refractivity (Wildman–Crippen MR) is 68.1 cm³/mol. The zero-order valence-electron chi connectivity index (χ0n) is 10.7. The van der Waals surface area contributed by atoms with Crippen molar-refractivity contribution in [3.05, 3.63) is 29.1 Å². The van der Waals surface area contributed by atoms with Gasteiger partial charge in [0.25, 0.3) is 0 Å². The zero-order valence-corrected chi connectivity index (χ0v) is 10.7. The maximum Gasteiger partial charge on any atom is 0.192 e. The lowest BCUT2D eigenvalue weighted by Crippen LogP contribution is -2.05. The summed E-state index contributed by atoms with van der Waals surface area (Å²) in [7, 11) is 1.87. The van der Waals surface area contributed by atoms with Gasteiger partial charge in [-0.1, -0.05) is 19.4 Å². The van der Waals surface area contributed by atoms with Gasteiger partial charge < -0.3 is 0 Å². The molecule has 0 aromatic carbocycles. The highest BCUT2D eigenvalue weighted by Crippen LogP contribution is 2.22. The molecule has 1 aromatic rings. The fourth-order valence-corrected chi connectivity index (χ4v) is 2.38. The topological polar surface area (TPSA) is 34.9 Å². The number of nitrogens with zero attached hydrogens (tertiary/aromatic N) is 2. The molecule has 0 bridgehead atoms. The van der Waals surface area contributed by atoms with E-state index in [2.05, 4.69) is 11.2 Å². The number of hydrogen-bond donors (Lipinski definition) is 0. The molecule has 0 atom stereocenters. The summed E-state index contributed by atoms with van der Waals surface area (Å²) in [6.45, 7) is 2.04. The first-order valence-corrected chi connectivity index (χ1v) is 6.48. The zero-order chi connectivity index (χ0) is 12.3. The molecule has 1 aliphatic carbocycles. The highest BCUT2D eigenvalue weighted by molar-refractivity contribution is 6.09. The minimum atomic E-state index is 0.192. The van der Waals surface area contributed by atoms with Gasteiger partial charge >= 0.3 is 0 Å². The molecule has 2 rings (SSSR count). The van der Waals surface area contributed by atoms with E-state index in [-0.39, 0.29) is 5.78 Å². The Balaban J connectivity index is 2.26. The predicted octanol–water partition coefficient (Wildman–Crippen LogP) is 3.06. The molecule has 1 heterocycles. The maximum absolute atomic E-state index is 12.4. The van der Waals surface area contributed by atoms with Crippen LogP contribution in [0.15, 0.2) is 17.8 Å². The molecule has 17 heavy (non-hydrogen) atoms. The molecule has 0 unspecified atom stereocenters. The minimum Gasteiger partial charge on any atom is -0.289 e. The molecule has 0 saturated heterocycles. The standard InChI is InChI=1S/C14H20N2O/c1-3-13-12(10-16(2)15-13)14(17)11-8-6-4-5-7-9-11/h8,10H,3-7,9H2,1-2H3. The molecule has 0 fully saturated rings. The summed E-state index contributed by atoms with van der Waals surface area (Å²) in [5.74, 6) is 0.192.